The van der Waals surface area contributed by atoms with Gasteiger partial charge < -0.3 is 24.4 Å². The molecule has 1 fully saturated rings. The van der Waals surface area contributed by atoms with Crippen molar-refractivity contribution in [2.45, 2.75) is 26.4 Å². The lowest BCUT2D eigenvalue weighted by Gasteiger charge is -2.30. The van der Waals surface area contributed by atoms with Gasteiger partial charge in [0.1, 0.15) is 5.60 Å². The monoisotopic (exact) mass is 491 g/mol. The molecule has 14 heteroatoms. The average molecular weight is 492 g/mol. The molecule has 1 saturated heterocycles. The summed E-state index contributed by atoms with van der Waals surface area (Å²) in [6.45, 7) is 7.54. The molecule has 0 bridgehead atoms. The van der Waals surface area contributed by atoms with Crippen LogP contribution in [0.15, 0.2) is 10.7 Å². The summed E-state index contributed by atoms with van der Waals surface area (Å²) in [5.41, 5.74) is 1.46. The molecule has 0 radical (unpaired) electrons. The molecule has 1 aliphatic heterocycles. The van der Waals surface area contributed by atoms with Crippen molar-refractivity contribution in [3.63, 3.8) is 0 Å². The first-order valence-corrected chi connectivity index (χ1v) is 11.3. The third-order valence-corrected chi connectivity index (χ3v) is 5.77. The Kier molecular flexibility index (Phi) is 6.52. The summed E-state index contributed by atoms with van der Waals surface area (Å²) < 4.78 is 20.8. The summed E-state index contributed by atoms with van der Waals surface area (Å²) in [7, 11) is 2.86. The Morgan fingerprint density at radius 3 is 2.56 bits per heavy atom. The first-order chi connectivity index (χ1) is 16.2. The van der Waals surface area contributed by atoms with Crippen LogP contribution in [0.1, 0.15) is 31.1 Å². The van der Waals surface area contributed by atoms with Crippen molar-refractivity contribution in [1.29, 1.82) is 0 Å². The number of anilines is 4. The molecule has 3 aromatic rings. The maximum atomic E-state index is 12.7. The van der Waals surface area contributed by atoms with E-state index in [0.717, 1.165) is 11.3 Å². The molecule has 0 aliphatic carbocycles. The van der Waals surface area contributed by atoms with Gasteiger partial charge in [0, 0.05) is 20.1 Å². The molecule has 0 unspecified atom stereocenters. The summed E-state index contributed by atoms with van der Waals surface area (Å²) in [4.78, 5) is 28.3. The molecule has 4 rings (SSSR count). The Morgan fingerprint density at radius 1 is 1.18 bits per heavy atom. The van der Waals surface area contributed by atoms with Crippen LogP contribution in [0, 0.1) is 0 Å². The molecule has 1 N–H and O–H groups in total. The number of methoxy groups -OCH3 is 1. The lowest BCUT2D eigenvalue weighted by atomic mass is 10.1. The van der Waals surface area contributed by atoms with E-state index in [-0.39, 0.29) is 0 Å². The van der Waals surface area contributed by atoms with Gasteiger partial charge in [-0.3, -0.25) is 4.90 Å². The summed E-state index contributed by atoms with van der Waals surface area (Å²) in [6, 6.07) is 1.61. The molecule has 1 amide bonds. The van der Waals surface area contributed by atoms with Crippen molar-refractivity contribution >= 4 is 56.1 Å². The molecule has 0 atom stereocenters. The van der Waals surface area contributed by atoms with Gasteiger partial charge >= 0.3 is 12.1 Å². The molecule has 1 aliphatic rings. The van der Waals surface area contributed by atoms with Crippen LogP contribution < -0.4 is 15.1 Å². The van der Waals surface area contributed by atoms with E-state index in [9.17, 15) is 9.59 Å². The maximum Gasteiger partial charge on any atom is 0.416 e. The molecular formula is C20H25N7O6S. The first kappa shape index (κ1) is 23.6. The van der Waals surface area contributed by atoms with Crippen LogP contribution in [0.2, 0.25) is 0 Å². The number of carbonyl (C=O) groups is 2. The van der Waals surface area contributed by atoms with E-state index in [1.807, 2.05) is 4.90 Å². The molecular weight excluding hydrogens is 466 g/mol. The van der Waals surface area contributed by atoms with Crippen LogP contribution in [0.4, 0.5) is 26.4 Å². The van der Waals surface area contributed by atoms with Crippen molar-refractivity contribution in [3.05, 3.63) is 11.6 Å². The summed E-state index contributed by atoms with van der Waals surface area (Å²) >= 11 is 1.12. The number of rotatable bonds is 5. The van der Waals surface area contributed by atoms with Crippen LogP contribution in [0.25, 0.3) is 11.0 Å². The fourth-order valence-corrected chi connectivity index (χ4v) is 4.03. The van der Waals surface area contributed by atoms with Crippen LogP contribution in [0.5, 0.6) is 0 Å². The zero-order valence-corrected chi connectivity index (χ0v) is 20.3. The van der Waals surface area contributed by atoms with Gasteiger partial charge in [-0.25, -0.2) is 14.2 Å². The topological polar surface area (TPSA) is 145 Å². The van der Waals surface area contributed by atoms with Gasteiger partial charge in [0.2, 0.25) is 10.3 Å². The van der Waals surface area contributed by atoms with Crippen LogP contribution >= 0.6 is 11.3 Å². The van der Waals surface area contributed by atoms with Gasteiger partial charge in [0.15, 0.2) is 11.0 Å². The maximum absolute atomic E-state index is 12.7. The predicted molar refractivity (Wildman–Crippen MR) is 124 cm³/mol. The zero-order valence-electron chi connectivity index (χ0n) is 19.4. The third kappa shape index (κ3) is 4.87. The number of morpholine rings is 1. The van der Waals surface area contributed by atoms with Crippen LogP contribution in [-0.4, -0.2) is 78.6 Å². The fourth-order valence-electron chi connectivity index (χ4n) is 3.32. The Balaban J connectivity index is 1.66. The second-order valence-corrected chi connectivity index (χ2v) is 9.38. The van der Waals surface area contributed by atoms with Crippen molar-refractivity contribution in [3.8, 4) is 0 Å². The highest BCUT2D eigenvalue weighted by Gasteiger charge is 2.28. The number of carbonyl (C=O) groups excluding carboxylic acids is 2. The van der Waals surface area contributed by atoms with E-state index in [0.29, 0.717) is 64.5 Å². The number of hydrogen-bond donors (Lipinski definition) is 1. The standard InChI is InChI=1S/C20H25N7O6S/c1-20(2,3)32-19(29)26(4)18-23-22-17(34-18)21-12-10-11(16(28)30-5)15(14-13(12)24-33-25-14)27-6-8-31-9-7-27/h10H,6-9H2,1-5H3,(H,21,22). The summed E-state index contributed by atoms with van der Waals surface area (Å²) in [6.07, 6.45) is -0.555. The Hall–Kier alpha value is -3.52. The third-order valence-electron chi connectivity index (χ3n) is 4.85. The molecule has 2 aromatic heterocycles. The van der Waals surface area contributed by atoms with E-state index in [1.165, 1.54) is 12.0 Å². The van der Waals surface area contributed by atoms with Crippen molar-refractivity contribution in [2.24, 2.45) is 0 Å². The van der Waals surface area contributed by atoms with Crippen molar-refractivity contribution in [1.82, 2.24) is 20.5 Å². The number of aromatic nitrogens is 4. The van der Waals surface area contributed by atoms with Gasteiger partial charge in [0.25, 0.3) is 0 Å². The normalized spacial score (nSPS) is 14.2. The van der Waals surface area contributed by atoms with Gasteiger partial charge in [-0.2, -0.15) is 0 Å². The lowest BCUT2D eigenvalue weighted by molar-refractivity contribution is 0.0583. The summed E-state index contributed by atoms with van der Waals surface area (Å²) in [5, 5.41) is 20.0. The van der Waals surface area contributed by atoms with Crippen LogP contribution in [0.3, 0.4) is 0 Å². The summed E-state index contributed by atoms with van der Waals surface area (Å²) in [5.74, 6) is -0.531. The highest BCUT2D eigenvalue weighted by molar-refractivity contribution is 7.19. The minimum absolute atomic E-state index is 0.297. The number of nitrogens with one attached hydrogen (secondary N) is 1. The average Bonchev–Trinajstić information content (AvgIpc) is 3.47. The highest BCUT2D eigenvalue weighted by Crippen LogP contribution is 2.37. The number of amides is 1. The highest BCUT2D eigenvalue weighted by atomic mass is 32.1. The lowest BCUT2D eigenvalue weighted by Crippen LogP contribution is -2.37. The van der Waals surface area contributed by atoms with Crippen LogP contribution in [-0.2, 0) is 14.2 Å². The minimum atomic E-state index is -0.644. The van der Waals surface area contributed by atoms with Gasteiger partial charge in [-0.15, -0.1) is 10.2 Å². The molecule has 1 aromatic carbocycles. The quantitative estimate of drug-likeness (QED) is 0.524. The van der Waals surface area contributed by atoms with E-state index in [1.54, 1.807) is 33.9 Å². The van der Waals surface area contributed by atoms with Crippen molar-refractivity contribution < 1.29 is 28.4 Å². The minimum Gasteiger partial charge on any atom is -0.465 e. The zero-order chi connectivity index (χ0) is 24.5. The SMILES string of the molecule is COC(=O)c1cc(Nc2nnc(N(C)C(=O)OC(C)(C)C)s2)c2nonc2c1N1CCOCC1. The molecule has 0 spiro atoms. The molecule has 13 nitrogen and oxygen atoms in total. The van der Waals surface area contributed by atoms with E-state index in [2.05, 4.69) is 25.8 Å². The number of esters is 1. The Bertz CT molecular complexity index is 1200. The first-order valence-electron chi connectivity index (χ1n) is 10.5. The molecule has 34 heavy (non-hydrogen) atoms. The van der Waals surface area contributed by atoms with E-state index >= 15 is 0 Å². The predicted octanol–water partition coefficient (Wildman–Crippen LogP) is 2.81. The second kappa shape index (κ2) is 9.38. The van der Waals surface area contributed by atoms with E-state index < -0.39 is 17.7 Å². The smallest absolute Gasteiger partial charge is 0.416 e. The number of ether oxygens (including phenoxy) is 3. The Morgan fingerprint density at radius 2 is 1.88 bits per heavy atom. The van der Waals surface area contributed by atoms with Crippen molar-refractivity contribution in [2.75, 3.05) is 55.6 Å². The Labute approximate surface area is 198 Å². The van der Waals surface area contributed by atoms with Gasteiger partial charge in [0.05, 0.1) is 37.3 Å². The number of benzene rings is 1. The molecule has 3 heterocycles. The largest absolute Gasteiger partial charge is 0.465 e. The molecule has 182 valence electrons. The number of nitrogens with zero attached hydrogens (tertiary/aromatic N) is 6. The number of hydrogen-bond acceptors (Lipinski definition) is 13. The van der Waals surface area contributed by atoms with Gasteiger partial charge in [-0.1, -0.05) is 11.3 Å². The van der Waals surface area contributed by atoms with E-state index in [4.69, 9.17) is 18.8 Å². The number of fused-ring (bicyclic) bond motifs is 1. The second-order valence-electron chi connectivity index (χ2n) is 8.43. The molecule has 0 saturated carbocycles. The van der Waals surface area contributed by atoms with Gasteiger partial charge in [-0.05, 0) is 37.2 Å². The fraction of sp³-hybridized carbons (Fsp3) is 0.500.